The number of para-hydroxylation sites is 1. The van der Waals surface area contributed by atoms with Gasteiger partial charge in [0.15, 0.2) is 28.1 Å². The highest BCUT2D eigenvalue weighted by Crippen LogP contribution is 2.37. The Morgan fingerprint density at radius 2 is 1.90 bits per heavy atom. The summed E-state index contributed by atoms with van der Waals surface area (Å²) in [6, 6.07) is 14.7. The minimum atomic E-state index is -0.745. The number of thiocarbonyl (C=S) groups is 1. The van der Waals surface area contributed by atoms with E-state index in [9.17, 15) is 14.0 Å². The van der Waals surface area contributed by atoms with Gasteiger partial charge in [-0.1, -0.05) is 24.3 Å². The summed E-state index contributed by atoms with van der Waals surface area (Å²) in [5, 5.41) is 2.27. The number of halogens is 1. The van der Waals surface area contributed by atoms with Crippen molar-refractivity contribution in [3.8, 4) is 23.0 Å². The summed E-state index contributed by atoms with van der Waals surface area (Å²) in [4.78, 5) is 27.2. The molecule has 0 atom stereocenters. The van der Waals surface area contributed by atoms with Gasteiger partial charge in [0.1, 0.15) is 18.0 Å². The van der Waals surface area contributed by atoms with Crippen LogP contribution in [0.15, 0.2) is 72.8 Å². The number of fused-ring (bicyclic) bond motifs is 1. The fourth-order valence-corrected chi connectivity index (χ4v) is 4.64. The van der Waals surface area contributed by atoms with Crippen molar-refractivity contribution in [2.75, 3.05) is 18.3 Å². The first-order valence-corrected chi connectivity index (χ1v) is 12.9. The maximum atomic E-state index is 14.5. The zero-order valence-electron chi connectivity index (χ0n) is 21.6. The van der Waals surface area contributed by atoms with E-state index in [2.05, 4.69) is 11.9 Å². The minimum absolute atomic E-state index is 0.0574. The van der Waals surface area contributed by atoms with Crippen LogP contribution >= 0.6 is 12.2 Å². The van der Waals surface area contributed by atoms with Crippen molar-refractivity contribution in [3.63, 3.8) is 0 Å². The van der Waals surface area contributed by atoms with E-state index >= 15 is 0 Å². The van der Waals surface area contributed by atoms with Crippen molar-refractivity contribution in [3.05, 3.63) is 95.3 Å². The van der Waals surface area contributed by atoms with Crippen LogP contribution in [0.1, 0.15) is 23.6 Å². The fourth-order valence-electron chi connectivity index (χ4n) is 4.36. The lowest BCUT2D eigenvalue weighted by Crippen LogP contribution is -2.54. The van der Waals surface area contributed by atoms with Crippen LogP contribution in [0.5, 0.6) is 23.0 Å². The molecule has 0 saturated carbocycles. The highest BCUT2D eigenvalue weighted by molar-refractivity contribution is 7.80. The molecule has 204 valence electrons. The van der Waals surface area contributed by atoms with E-state index in [-0.39, 0.29) is 29.8 Å². The van der Waals surface area contributed by atoms with Crippen LogP contribution in [-0.2, 0) is 22.6 Å². The molecule has 5 rings (SSSR count). The van der Waals surface area contributed by atoms with Gasteiger partial charge < -0.3 is 18.9 Å². The maximum Gasteiger partial charge on any atom is 0.270 e. The molecule has 0 bridgehead atoms. The maximum absolute atomic E-state index is 14.5. The second kappa shape index (κ2) is 11.6. The zero-order valence-corrected chi connectivity index (χ0v) is 22.4. The highest BCUT2D eigenvalue weighted by Gasteiger charge is 2.35. The van der Waals surface area contributed by atoms with Crippen molar-refractivity contribution in [1.82, 2.24) is 5.32 Å². The van der Waals surface area contributed by atoms with Crippen molar-refractivity contribution in [2.45, 2.75) is 20.0 Å². The predicted octanol–water partition coefficient (Wildman–Crippen LogP) is 5.09. The predicted molar refractivity (Wildman–Crippen MR) is 151 cm³/mol. The number of hydrogen-bond donors (Lipinski definition) is 1. The van der Waals surface area contributed by atoms with Crippen LogP contribution in [0.2, 0.25) is 0 Å². The Morgan fingerprint density at radius 3 is 2.67 bits per heavy atom. The Kier molecular flexibility index (Phi) is 7.79. The largest absolute Gasteiger partial charge is 0.490 e. The quantitative estimate of drug-likeness (QED) is 0.169. The van der Waals surface area contributed by atoms with Crippen molar-refractivity contribution in [1.29, 1.82) is 0 Å². The molecule has 2 amide bonds. The Morgan fingerprint density at radius 1 is 1.10 bits per heavy atom. The molecule has 2 heterocycles. The first-order valence-electron chi connectivity index (χ1n) is 12.5. The molecule has 1 fully saturated rings. The molecule has 0 aliphatic carbocycles. The third-order valence-electron chi connectivity index (χ3n) is 6.14. The number of benzene rings is 3. The lowest BCUT2D eigenvalue weighted by Gasteiger charge is -2.29. The summed E-state index contributed by atoms with van der Waals surface area (Å²) in [7, 11) is 0. The summed E-state index contributed by atoms with van der Waals surface area (Å²) in [5.74, 6) is 0.191. The molecule has 0 spiro atoms. The van der Waals surface area contributed by atoms with Gasteiger partial charge in [0.05, 0.1) is 12.3 Å². The molecule has 8 nitrogen and oxygen atoms in total. The second-order valence-electron chi connectivity index (χ2n) is 8.82. The molecule has 3 aromatic carbocycles. The van der Waals surface area contributed by atoms with E-state index in [4.69, 9.17) is 31.2 Å². The number of nitrogens with zero attached hydrogens (tertiary/aromatic N) is 1. The van der Waals surface area contributed by atoms with E-state index in [1.807, 2.05) is 25.1 Å². The van der Waals surface area contributed by atoms with Crippen LogP contribution in [0, 0.1) is 5.82 Å². The molecular formula is C30H25FN2O6S. The monoisotopic (exact) mass is 560 g/mol. The van der Waals surface area contributed by atoms with Gasteiger partial charge in [0, 0.05) is 5.56 Å². The van der Waals surface area contributed by atoms with Gasteiger partial charge in [-0.2, -0.15) is 0 Å². The van der Waals surface area contributed by atoms with Gasteiger partial charge >= 0.3 is 0 Å². The van der Waals surface area contributed by atoms with Crippen molar-refractivity contribution >= 4 is 40.9 Å². The van der Waals surface area contributed by atoms with Crippen LogP contribution < -0.4 is 29.2 Å². The van der Waals surface area contributed by atoms with Crippen LogP contribution in [0.4, 0.5) is 10.1 Å². The first kappa shape index (κ1) is 26.9. The molecule has 2 aliphatic heterocycles. The smallest absolute Gasteiger partial charge is 0.270 e. The average molecular weight is 561 g/mol. The summed E-state index contributed by atoms with van der Waals surface area (Å²) in [6.07, 6.45) is 3.56. The van der Waals surface area contributed by atoms with Crippen molar-refractivity contribution in [2.24, 2.45) is 0 Å². The molecular weight excluding hydrogens is 535 g/mol. The average Bonchev–Trinajstić information content (AvgIpc) is 3.40. The van der Waals surface area contributed by atoms with Gasteiger partial charge in [-0.15, -0.1) is 6.58 Å². The molecule has 0 unspecified atom stereocenters. The van der Waals surface area contributed by atoms with E-state index in [1.165, 1.54) is 24.3 Å². The van der Waals surface area contributed by atoms with E-state index in [0.29, 0.717) is 41.6 Å². The number of carbonyl (C=O) groups excluding carboxylic acids is 2. The van der Waals surface area contributed by atoms with Crippen LogP contribution in [0.3, 0.4) is 0 Å². The number of anilines is 1. The normalized spacial score (nSPS) is 15.3. The number of rotatable bonds is 9. The third kappa shape index (κ3) is 5.39. The summed E-state index contributed by atoms with van der Waals surface area (Å²) in [6.45, 7) is 6.44. The lowest BCUT2D eigenvalue weighted by molar-refractivity contribution is -0.122. The van der Waals surface area contributed by atoms with Crippen LogP contribution in [-0.4, -0.2) is 30.3 Å². The Balaban J connectivity index is 1.49. The topological polar surface area (TPSA) is 86.3 Å². The van der Waals surface area contributed by atoms with Crippen molar-refractivity contribution < 1.29 is 32.9 Å². The first-order chi connectivity index (χ1) is 19.4. The number of nitrogens with one attached hydrogen (secondary N) is 1. The summed E-state index contributed by atoms with van der Waals surface area (Å²) in [5.41, 5.74) is 1.85. The molecule has 3 aromatic rings. The van der Waals surface area contributed by atoms with E-state index in [0.717, 1.165) is 16.0 Å². The summed E-state index contributed by atoms with van der Waals surface area (Å²) < 4.78 is 37.4. The number of allylic oxidation sites excluding steroid dienone is 1. The van der Waals surface area contributed by atoms with Gasteiger partial charge in [0.2, 0.25) is 6.79 Å². The third-order valence-corrected chi connectivity index (χ3v) is 6.43. The van der Waals surface area contributed by atoms with Gasteiger partial charge in [-0.05, 0) is 79.2 Å². The van der Waals surface area contributed by atoms with Gasteiger partial charge in [-0.3, -0.25) is 14.9 Å². The lowest BCUT2D eigenvalue weighted by atomic mass is 10.0. The van der Waals surface area contributed by atoms with E-state index in [1.54, 1.807) is 24.3 Å². The SMILES string of the molecule is C=CCc1cc(/C=C2\C(=O)NC(=S)N(c3ccccc3F)C2=O)cc(OCC)c1OCc1ccc2c(c1)OCO2. The molecule has 10 heteroatoms. The molecule has 2 aliphatic rings. The minimum Gasteiger partial charge on any atom is -0.490 e. The Bertz CT molecular complexity index is 1550. The fraction of sp³-hybridized carbons (Fsp3) is 0.167. The van der Waals surface area contributed by atoms with Gasteiger partial charge in [-0.25, -0.2) is 9.29 Å². The highest BCUT2D eigenvalue weighted by atomic mass is 32.1. The number of hydrogen-bond acceptors (Lipinski definition) is 7. The second-order valence-corrected chi connectivity index (χ2v) is 9.21. The molecule has 1 N–H and O–H groups in total. The molecule has 0 aromatic heterocycles. The Labute approximate surface area is 235 Å². The zero-order chi connectivity index (χ0) is 28.2. The van der Waals surface area contributed by atoms with E-state index < -0.39 is 17.6 Å². The molecule has 1 saturated heterocycles. The molecule has 0 radical (unpaired) electrons. The Hall–Kier alpha value is -4.70. The standard InChI is InChI=1S/C30H25FN2O6S/c1-3-7-20-12-19(13-21-28(34)32-30(40)33(29(21)35)23-9-6-5-8-22(23)31)15-26(36-4-2)27(20)37-16-18-10-11-24-25(14-18)39-17-38-24/h3,5-6,8-15H,1,4,7,16-17H2,2H3,(H,32,34,40)/b21-13+. The van der Waals surface area contributed by atoms with Gasteiger partial charge in [0.25, 0.3) is 11.8 Å². The number of ether oxygens (including phenoxy) is 4. The summed E-state index contributed by atoms with van der Waals surface area (Å²) >= 11 is 5.18. The number of amides is 2. The number of carbonyl (C=O) groups is 2. The molecule has 40 heavy (non-hydrogen) atoms. The van der Waals surface area contributed by atoms with Crippen LogP contribution in [0.25, 0.3) is 6.08 Å².